The number of amides is 1. The third-order valence-electron chi connectivity index (χ3n) is 4.92. The second-order valence-corrected chi connectivity index (χ2v) is 6.58. The first kappa shape index (κ1) is 18.7. The lowest BCUT2D eigenvalue weighted by atomic mass is 10.0. The smallest absolute Gasteiger partial charge is 0.337 e. The standard InChI is InChI=1S/C17H17F3N4O.ClH/c18-17(19,20)13-2-1-3-14(6-13)24-5-4-15(22-24)16(25)23-9-11-7-21-8-12(11)10-23;/h1-6,11-12,21H,7-10H2;1H/t11-,12+;. The lowest BCUT2D eigenvalue weighted by Gasteiger charge is -2.15. The van der Waals surface area contributed by atoms with E-state index >= 15 is 0 Å². The van der Waals surface area contributed by atoms with E-state index in [0.29, 0.717) is 24.9 Å². The van der Waals surface area contributed by atoms with E-state index in [-0.39, 0.29) is 29.7 Å². The number of alkyl halides is 3. The van der Waals surface area contributed by atoms with Crippen LogP contribution < -0.4 is 5.32 Å². The third-order valence-corrected chi connectivity index (χ3v) is 4.92. The zero-order chi connectivity index (χ0) is 17.6. The zero-order valence-electron chi connectivity index (χ0n) is 13.7. The van der Waals surface area contributed by atoms with Crippen LogP contribution in [-0.4, -0.2) is 46.8 Å². The van der Waals surface area contributed by atoms with Crippen molar-refractivity contribution in [2.75, 3.05) is 26.2 Å². The van der Waals surface area contributed by atoms with Gasteiger partial charge in [0.25, 0.3) is 5.91 Å². The van der Waals surface area contributed by atoms with Gasteiger partial charge in [0, 0.05) is 32.4 Å². The highest BCUT2D eigenvalue weighted by molar-refractivity contribution is 5.92. The van der Waals surface area contributed by atoms with Gasteiger partial charge in [0.05, 0.1) is 11.3 Å². The number of fused-ring (bicyclic) bond motifs is 1. The molecule has 2 aliphatic heterocycles. The summed E-state index contributed by atoms with van der Waals surface area (Å²) >= 11 is 0. The van der Waals surface area contributed by atoms with Gasteiger partial charge >= 0.3 is 6.18 Å². The van der Waals surface area contributed by atoms with Crippen molar-refractivity contribution in [3.05, 3.63) is 47.8 Å². The van der Waals surface area contributed by atoms with Crippen LogP contribution in [0.2, 0.25) is 0 Å². The van der Waals surface area contributed by atoms with Crippen LogP contribution in [0.25, 0.3) is 5.69 Å². The molecule has 1 amide bonds. The van der Waals surface area contributed by atoms with Crippen LogP contribution in [-0.2, 0) is 6.18 Å². The van der Waals surface area contributed by atoms with Crippen LogP contribution in [0.3, 0.4) is 0 Å². The second-order valence-electron chi connectivity index (χ2n) is 6.58. The van der Waals surface area contributed by atoms with Gasteiger partial charge in [0.1, 0.15) is 0 Å². The summed E-state index contributed by atoms with van der Waals surface area (Å²) in [6, 6.07) is 6.44. The Morgan fingerprint density at radius 3 is 2.50 bits per heavy atom. The van der Waals surface area contributed by atoms with Crippen molar-refractivity contribution < 1.29 is 18.0 Å². The van der Waals surface area contributed by atoms with E-state index in [4.69, 9.17) is 0 Å². The number of halogens is 4. The molecule has 1 N–H and O–H groups in total. The Labute approximate surface area is 154 Å². The number of aromatic nitrogens is 2. The van der Waals surface area contributed by atoms with E-state index in [1.807, 2.05) is 0 Å². The molecule has 2 saturated heterocycles. The first-order valence-corrected chi connectivity index (χ1v) is 8.15. The van der Waals surface area contributed by atoms with Crippen molar-refractivity contribution in [3.63, 3.8) is 0 Å². The van der Waals surface area contributed by atoms with Crippen molar-refractivity contribution in [1.29, 1.82) is 0 Å². The molecule has 9 heteroatoms. The van der Waals surface area contributed by atoms with Crippen LogP contribution in [0, 0.1) is 11.8 Å². The minimum absolute atomic E-state index is 0. The Morgan fingerprint density at radius 2 is 1.85 bits per heavy atom. The van der Waals surface area contributed by atoms with E-state index in [0.717, 1.165) is 25.2 Å². The summed E-state index contributed by atoms with van der Waals surface area (Å²) in [4.78, 5) is 14.4. The van der Waals surface area contributed by atoms with Crippen molar-refractivity contribution in [2.45, 2.75) is 6.18 Å². The molecule has 0 unspecified atom stereocenters. The molecule has 140 valence electrons. The summed E-state index contributed by atoms with van der Waals surface area (Å²) in [6.45, 7) is 3.25. The van der Waals surface area contributed by atoms with Gasteiger partial charge in [0.15, 0.2) is 5.69 Å². The average molecular weight is 387 g/mol. The molecule has 2 atom stereocenters. The number of hydrogen-bond acceptors (Lipinski definition) is 3. The van der Waals surface area contributed by atoms with Crippen molar-refractivity contribution in [2.24, 2.45) is 11.8 Å². The van der Waals surface area contributed by atoms with Gasteiger partial charge in [-0.2, -0.15) is 18.3 Å². The van der Waals surface area contributed by atoms with Gasteiger partial charge in [-0.25, -0.2) is 4.68 Å². The highest BCUT2D eigenvalue weighted by atomic mass is 35.5. The summed E-state index contributed by atoms with van der Waals surface area (Å²) in [5.41, 5.74) is -0.213. The first-order chi connectivity index (χ1) is 11.9. The van der Waals surface area contributed by atoms with E-state index in [1.165, 1.54) is 23.0 Å². The van der Waals surface area contributed by atoms with Crippen LogP contribution >= 0.6 is 12.4 Å². The van der Waals surface area contributed by atoms with E-state index in [9.17, 15) is 18.0 Å². The Kier molecular flexibility index (Phi) is 4.98. The molecule has 5 nitrogen and oxygen atoms in total. The highest BCUT2D eigenvalue weighted by Gasteiger charge is 2.38. The maximum absolute atomic E-state index is 12.8. The average Bonchev–Trinajstić information content (AvgIpc) is 3.29. The zero-order valence-corrected chi connectivity index (χ0v) is 14.6. The molecule has 0 spiro atoms. The number of nitrogens with one attached hydrogen (secondary N) is 1. The maximum Gasteiger partial charge on any atom is 0.416 e. The Bertz CT molecular complexity index is 795. The fourth-order valence-corrected chi connectivity index (χ4v) is 3.59. The molecule has 0 radical (unpaired) electrons. The monoisotopic (exact) mass is 386 g/mol. The number of likely N-dealkylation sites (tertiary alicyclic amines) is 1. The van der Waals surface area contributed by atoms with Crippen LogP contribution in [0.15, 0.2) is 36.5 Å². The fourth-order valence-electron chi connectivity index (χ4n) is 3.59. The SMILES string of the molecule is Cl.O=C(c1ccn(-c2cccc(C(F)(F)F)c2)n1)N1C[C@H]2CNC[C@H]2C1. The number of rotatable bonds is 2. The van der Waals surface area contributed by atoms with Crippen molar-refractivity contribution in [1.82, 2.24) is 20.0 Å². The molecule has 0 bridgehead atoms. The topological polar surface area (TPSA) is 50.2 Å². The Balaban J connectivity index is 0.00000196. The lowest BCUT2D eigenvalue weighted by Crippen LogP contribution is -2.32. The quantitative estimate of drug-likeness (QED) is 0.863. The van der Waals surface area contributed by atoms with E-state index in [1.54, 1.807) is 11.0 Å². The molecule has 2 fully saturated rings. The molecule has 1 aromatic heterocycles. The highest BCUT2D eigenvalue weighted by Crippen LogP contribution is 2.30. The molecule has 1 aromatic carbocycles. The van der Waals surface area contributed by atoms with Crippen LogP contribution in [0.4, 0.5) is 13.2 Å². The molecule has 2 aromatic rings. The van der Waals surface area contributed by atoms with Crippen molar-refractivity contribution >= 4 is 18.3 Å². The second kappa shape index (κ2) is 6.92. The minimum Gasteiger partial charge on any atom is -0.337 e. The van der Waals surface area contributed by atoms with Gasteiger partial charge in [0.2, 0.25) is 0 Å². The molecule has 4 rings (SSSR count). The third kappa shape index (κ3) is 3.43. The van der Waals surface area contributed by atoms with Crippen molar-refractivity contribution in [3.8, 4) is 5.69 Å². The predicted octanol–water partition coefficient (Wildman–Crippen LogP) is 2.60. The van der Waals surface area contributed by atoms with Crippen LogP contribution in [0.1, 0.15) is 16.1 Å². The Hall–Kier alpha value is -2.06. The van der Waals surface area contributed by atoms with Gasteiger partial charge in [-0.15, -0.1) is 12.4 Å². The van der Waals surface area contributed by atoms with Gasteiger partial charge in [-0.1, -0.05) is 6.07 Å². The summed E-state index contributed by atoms with van der Waals surface area (Å²) in [5.74, 6) is 0.795. The molecular formula is C17H18ClF3N4O. The van der Waals surface area contributed by atoms with Crippen LogP contribution in [0.5, 0.6) is 0 Å². The summed E-state index contributed by atoms with van der Waals surface area (Å²) in [7, 11) is 0. The van der Waals surface area contributed by atoms with Gasteiger partial charge in [-0.05, 0) is 36.1 Å². The maximum atomic E-state index is 12.8. The molecule has 26 heavy (non-hydrogen) atoms. The molecular weight excluding hydrogens is 369 g/mol. The summed E-state index contributed by atoms with van der Waals surface area (Å²) in [5, 5.41) is 7.50. The number of carbonyl (C=O) groups excluding carboxylic acids is 1. The summed E-state index contributed by atoms with van der Waals surface area (Å²) in [6.07, 6.45) is -2.90. The largest absolute Gasteiger partial charge is 0.416 e. The Morgan fingerprint density at radius 1 is 1.15 bits per heavy atom. The van der Waals surface area contributed by atoms with Gasteiger partial charge < -0.3 is 10.2 Å². The number of carbonyl (C=O) groups is 1. The first-order valence-electron chi connectivity index (χ1n) is 8.15. The minimum atomic E-state index is -4.41. The predicted molar refractivity (Wildman–Crippen MR) is 91.6 cm³/mol. The number of hydrogen-bond donors (Lipinski definition) is 1. The number of nitrogens with zero attached hydrogens (tertiary/aromatic N) is 3. The number of benzene rings is 1. The molecule has 2 aliphatic rings. The van der Waals surface area contributed by atoms with Gasteiger partial charge in [-0.3, -0.25) is 4.79 Å². The lowest BCUT2D eigenvalue weighted by molar-refractivity contribution is -0.137. The summed E-state index contributed by atoms with van der Waals surface area (Å²) < 4.78 is 39.8. The molecule has 0 saturated carbocycles. The molecule has 3 heterocycles. The van der Waals surface area contributed by atoms with E-state index < -0.39 is 11.7 Å². The molecule has 0 aliphatic carbocycles. The van der Waals surface area contributed by atoms with E-state index in [2.05, 4.69) is 10.4 Å². The normalized spacial score (nSPS) is 22.2. The fraction of sp³-hybridized carbons (Fsp3) is 0.412.